The van der Waals surface area contributed by atoms with Crippen LogP contribution in [0.1, 0.15) is 19.4 Å². The van der Waals surface area contributed by atoms with Crippen LogP contribution in [0.2, 0.25) is 0 Å². The molecule has 0 spiro atoms. The lowest BCUT2D eigenvalue weighted by molar-refractivity contribution is -0.116. The monoisotopic (exact) mass is 287 g/mol. The average Bonchev–Trinajstić information content (AvgIpc) is 3.01. The molecule has 1 aromatic carbocycles. The summed E-state index contributed by atoms with van der Waals surface area (Å²) < 4.78 is 12.9. The number of hydrogen-bond acceptors (Lipinski definition) is 4. The third kappa shape index (κ3) is 3.16. The van der Waals surface area contributed by atoms with Crippen molar-refractivity contribution in [2.24, 2.45) is 0 Å². The number of aromatic nitrogens is 2. The molecule has 2 heterocycles. The Hall–Kier alpha value is -2.50. The van der Waals surface area contributed by atoms with Crippen LogP contribution >= 0.6 is 0 Å². The maximum atomic E-state index is 12.1. The van der Waals surface area contributed by atoms with Crippen molar-refractivity contribution in [1.29, 1.82) is 0 Å². The zero-order chi connectivity index (χ0) is 14.7. The molecule has 1 aliphatic rings. The molecule has 1 amide bonds. The van der Waals surface area contributed by atoms with Crippen LogP contribution in [-0.2, 0) is 4.79 Å². The van der Waals surface area contributed by atoms with Crippen LogP contribution in [0.25, 0.3) is 0 Å². The lowest BCUT2D eigenvalue weighted by Gasteiger charge is -2.19. The van der Waals surface area contributed by atoms with Gasteiger partial charge in [-0.15, -0.1) is 0 Å². The molecule has 0 fully saturated rings. The third-order valence-electron chi connectivity index (χ3n) is 3.34. The van der Waals surface area contributed by atoms with Crippen LogP contribution in [0.5, 0.6) is 11.5 Å². The second kappa shape index (κ2) is 5.87. The molecule has 1 N–H and O–H groups in total. The largest absolute Gasteiger partial charge is 0.486 e. The van der Waals surface area contributed by atoms with E-state index in [2.05, 4.69) is 10.3 Å². The van der Waals surface area contributed by atoms with Crippen molar-refractivity contribution in [2.75, 3.05) is 18.5 Å². The summed E-state index contributed by atoms with van der Waals surface area (Å²) in [5.74, 6) is 1.33. The first kappa shape index (κ1) is 13.5. The van der Waals surface area contributed by atoms with E-state index in [-0.39, 0.29) is 11.9 Å². The first-order chi connectivity index (χ1) is 10.2. The van der Waals surface area contributed by atoms with Gasteiger partial charge in [0.1, 0.15) is 13.2 Å². The molecule has 0 radical (unpaired) electrons. The number of carbonyl (C=O) groups is 1. The van der Waals surface area contributed by atoms with E-state index in [1.165, 1.54) is 0 Å². The van der Waals surface area contributed by atoms with Crippen LogP contribution < -0.4 is 14.8 Å². The Balaban J connectivity index is 1.62. The minimum Gasteiger partial charge on any atom is -0.486 e. The van der Waals surface area contributed by atoms with Gasteiger partial charge in [0, 0.05) is 36.6 Å². The molecule has 110 valence electrons. The topological polar surface area (TPSA) is 65.4 Å². The summed E-state index contributed by atoms with van der Waals surface area (Å²) >= 11 is 0. The predicted octanol–water partition coefficient (Wildman–Crippen LogP) is 2.24. The van der Waals surface area contributed by atoms with Gasteiger partial charge in [-0.1, -0.05) is 0 Å². The molecule has 6 nitrogen and oxygen atoms in total. The molecular weight excluding hydrogens is 270 g/mol. The van der Waals surface area contributed by atoms with Crippen molar-refractivity contribution >= 4 is 11.6 Å². The minimum absolute atomic E-state index is 0.0483. The Labute approximate surface area is 122 Å². The van der Waals surface area contributed by atoms with Gasteiger partial charge in [-0.3, -0.25) is 4.79 Å². The van der Waals surface area contributed by atoms with Crippen LogP contribution in [0, 0.1) is 0 Å². The highest BCUT2D eigenvalue weighted by Crippen LogP contribution is 2.32. The number of ether oxygens (including phenoxy) is 2. The molecule has 0 bridgehead atoms. The molecule has 1 aromatic heterocycles. The molecule has 2 aromatic rings. The van der Waals surface area contributed by atoms with Crippen molar-refractivity contribution in [3.63, 3.8) is 0 Å². The molecule has 1 atom stereocenters. The molecule has 6 heteroatoms. The molecule has 0 saturated heterocycles. The van der Waals surface area contributed by atoms with Crippen LogP contribution in [0.4, 0.5) is 5.69 Å². The van der Waals surface area contributed by atoms with E-state index in [0.29, 0.717) is 36.8 Å². The van der Waals surface area contributed by atoms with E-state index < -0.39 is 0 Å². The molecule has 21 heavy (non-hydrogen) atoms. The highest BCUT2D eigenvalue weighted by atomic mass is 16.6. The van der Waals surface area contributed by atoms with E-state index in [1.54, 1.807) is 18.6 Å². The summed E-state index contributed by atoms with van der Waals surface area (Å²) in [6.07, 6.45) is 5.64. The van der Waals surface area contributed by atoms with E-state index in [0.717, 1.165) is 0 Å². The number of amides is 1. The summed E-state index contributed by atoms with van der Waals surface area (Å²) in [7, 11) is 0. The van der Waals surface area contributed by atoms with Crippen LogP contribution in [0.15, 0.2) is 36.9 Å². The quantitative estimate of drug-likeness (QED) is 0.936. The van der Waals surface area contributed by atoms with Gasteiger partial charge in [-0.05, 0) is 19.1 Å². The second-order valence-electron chi connectivity index (χ2n) is 4.97. The number of benzene rings is 1. The summed E-state index contributed by atoms with van der Waals surface area (Å²) in [6.45, 7) is 3.06. The molecule has 0 unspecified atom stereocenters. The van der Waals surface area contributed by atoms with Gasteiger partial charge in [-0.2, -0.15) is 0 Å². The highest BCUT2D eigenvalue weighted by molar-refractivity contribution is 5.91. The second-order valence-corrected chi connectivity index (χ2v) is 4.97. The van der Waals surface area contributed by atoms with Crippen molar-refractivity contribution in [1.82, 2.24) is 9.55 Å². The van der Waals surface area contributed by atoms with Gasteiger partial charge in [0.15, 0.2) is 11.5 Å². The molecule has 0 saturated carbocycles. The number of carbonyl (C=O) groups excluding carboxylic acids is 1. The standard InChI is InChI=1S/C15H17N3O3/c1-11(18-5-4-16-10-18)8-15(19)17-12-2-3-13-14(9-12)21-7-6-20-13/h2-5,9-11H,6-8H2,1H3,(H,17,19)/t11-/m0/s1. The fourth-order valence-corrected chi connectivity index (χ4v) is 2.24. The maximum absolute atomic E-state index is 12.1. The first-order valence-electron chi connectivity index (χ1n) is 6.89. The van der Waals surface area contributed by atoms with Gasteiger partial charge in [0.2, 0.25) is 5.91 Å². The Morgan fingerprint density at radius 1 is 1.38 bits per heavy atom. The zero-order valence-electron chi connectivity index (χ0n) is 11.8. The van der Waals surface area contributed by atoms with E-state index >= 15 is 0 Å². The lowest BCUT2D eigenvalue weighted by atomic mass is 10.2. The predicted molar refractivity (Wildman–Crippen MR) is 77.6 cm³/mol. The van der Waals surface area contributed by atoms with Gasteiger partial charge in [-0.25, -0.2) is 4.98 Å². The average molecular weight is 287 g/mol. The summed E-state index contributed by atoms with van der Waals surface area (Å²) in [6, 6.07) is 5.47. The Morgan fingerprint density at radius 2 is 2.19 bits per heavy atom. The van der Waals surface area contributed by atoms with Gasteiger partial charge in [0.25, 0.3) is 0 Å². The van der Waals surface area contributed by atoms with Crippen molar-refractivity contribution in [2.45, 2.75) is 19.4 Å². The number of imidazole rings is 1. The number of anilines is 1. The van der Waals surface area contributed by atoms with Crippen molar-refractivity contribution < 1.29 is 14.3 Å². The smallest absolute Gasteiger partial charge is 0.226 e. The summed E-state index contributed by atoms with van der Waals surface area (Å²) in [5.41, 5.74) is 0.710. The molecule has 3 rings (SSSR count). The molecule has 1 aliphatic heterocycles. The van der Waals surface area contributed by atoms with E-state index in [9.17, 15) is 4.79 Å². The van der Waals surface area contributed by atoms with Gasteiger partial charge >= 0.3 is 0 Å². The van der Waals surface area contributed by atoms with Crippen LogP contribution in [-0.4, -0.2) is 28.7 Å². The summed E-state index contributed by atoms with van der Waals surface area (Å²) in [5, 5.41) is 2.88. The third-order valence-corrected chi connectivity index (χ3v) is 3.34. The van der Waals surface area contributed by atoms with Gasteiger partial charge in [0.05, 0.1) is 6.33 Å². The minimum atomic E-state index is -0.0483. The number of hydrogen-bond donors (Lipinski definition) is 1. The van der Waals surface area contributed by atoms with Crippen LogP contribution in [0.3, 0.4) is 0 Å². The first-order valence-corrected chi connectivity index (χ1v) is 6.89. The number of nitrogens with one attached hydrogen (secondary N) is 1. The van der Waals surface area contributed by atoms with E-state index in [1.807, 2.05) is 29.8 Å². The fraction of sp³-hybridized carbons (Fsp3) is 0.333. The normalized spacial score (nSPS) is 14.5. The summed E-state index contributed by atoms with van der Waals surface area (Å²) in [4.78, 5) is 16.1. The lowest BCUT2D eigenvalue weighted by Crippen LogP contribution is -2.18. The number of rotatable bonds is 4. The Bertz CT molecular complexity index is 625. The maximum Gasteiger partial charge on any atom is 0.226 e. The molecular formula is C15H17N3O3. The van der Waals surface area contributed by atoms with Crippen molar-refractivity contribution in [3.05, 3.63) is 36.9 Å². The molecule has 0 aliphatic carbocycles. The Kier molecular flexibility index (Phi) is 3.77. The number of fused-ring (bicyclic) bond motifs is 1. The fourth-order valence-electron chi connectivity index (χ4n) is 2.24. The zero-order valence-corrected chi connectivity index (χ0v) is 11.8. The highest BCUT2D eigenvalue weighted by Gasteiger charge is 2.14. The Morgan fingerprint density at radius 3 is 2.95 bits per heavy atom. The SMILES string of the molecule is C[C@@H](CC(=O)Nc1ccc2c(c1)OCCO2)n1ccnc1. The number of nitrogens with zero attached hydrogens (tertiary/aromatic N) is 2. The van der Waals surface area contributed by atoms with Gasteiger partial charge < -0.3 is 19.4 Å². The van der Waals surface area contributed by atoms with Crippen molar-refractivity contribution in [3.8, 4) is 11.5 Å². The van der Waals surface area contributed by atoms with E-state index in [4.69, 9.17) is 9.47 Å².